The summed E-state index contributed by atoms with van der Waals surface area (Å²) in [6.45, 7) is 4.83. The van der Waals surface area contributed by atoms with Crippen LogP contribution in [-0.2, 0) is 4.79 Å². The molecule has 2 aliphatic heterocycles. The minimum absolute atomic E-state index is 0.0246. The van der Waals surface area contributed by atoms with Crippen LogP contribution in [0, 0.1) is 23.2 Å². The first kappa shape index (κ1) is 26.3. The Labute approximate surface area is 233 Å². The van der Waals surface area contributed by atoms with Gasteiger partial charge in [-0.05, 0) is 55.7 Å². The Kier molecular flexibility index (Phi) is 8.01. The van der Waals surface area contributed by atoms with E-state index in [9.17, 15) is 4.79 Å². The number of halogens is 2. The van der Waals surface area contributed by atoms with Gasteiger partial charge in [0.25, 0.3) is 0 Å². The molecule has 0 spiro atoms. The lowest BCUT2D eigenvalue weighted by Crippen LogP contribution is -2.42. The summed E-state index contributed by atoms with van der Waals surface area (Å²) in [5, 5.41) is 10.3. The van der Waals surface area contributed by atoms with Gasteiger partial charge in [0.15, 0.2) is 0 Å². The van der Waals surface area contributed by atoms with Crippen LogP contribution in [0.25, 0.3) is 0 Å². The van der Waals surface area contributed by atoms with Gasteiger partial charge in [-0.15, -0.1) is 0 Å². The molecule has 9 heteroatoms. The normalized spacial score (nSPS) is 20.7. The van der Waals surface area contributed by atoms with Gasteiger partial charge in [-0.2, -0.15) is 5.26 Å². The largest absolute Gasteiger partial charge is 0.474 e. The highest BCUT2D eigenvalue weighted by molar-refractivity contribution is 6.30. The van der Waals surface area contributed by atoms with Crippen LogP contribution in [-0.4, -0.2) is 53.1 Å². The van der Waals surface area contributed by atoms with Crippen LogP contribution in [0.1, 0.15) is 36.8 Å². The summed E-state index contributed by atoms with van der Waals surface area (Å²) in [6, 6.07) is 17.2. The number of aromatic nitrogens is 2. The number of ether oxygens (including phenoxy) is 1. The number of hydrogen-bond acceptors (Lipinski definition) is 6. The molecule has 2 aliphatic rings. The second-order valence-electron chi connectivity index (χ2n) is 9.98. The zero-order valence-corrected chi connectivity index (χ0v) is 22.6. The lowest BCUT2D eigenvalue weighted by atomic mass is 9.86. The van der Waals surface area contributed by atoms with E-state index in [-0.39, 0.29) is 29.8 Å². The Morgan fingerprint density at radius 3 is 2.37 bits per heavy atom. The second kappa shape index (κ2) is 11.6. The minimum Gasteiger partial charge on any atom is -0.474 e. The van der Waals surface area contributed by atoms with Crippen LogP contribution in [0.15, 0.2) is 60.9 Å². The third-order valence-electron chi connectivity index (χ3n) is 7.63. The third kappa shape index (κ3) is 5.87. The van der Waals surface area contributed by atoms with Gasteiger partial charge in [0.2, 0.25) is 11.8 Å². The predicted octanol–water partition coefficient (Wildman–Crippen LogP) is 5.58. The first-order valence-corrected chi connectivity index (χ1v) is 13.6. The van der Waals surface area contributed by atoms with Crippen molar-refractivity contribution < 1.29 is 9.53 Å². The van der Waals surface area contributed by atoms with Crippen molar-refractivity contribution in [2.45, 2.75) is 31.8 Å². The third-order valence-corrected chi connectivity index (χ3v) is 8.11. The van der Waals surface area contributed by atoms with E-state index in [1.54, 1.807) is 30.6 Å². The number of nitriles is 1. The lowest BCUT2D eigenvalue weighted by molar-refractivity contribution is -0.135. The van der Waals surface area contributed by atoms with Crippen LogP contribution in [0.4, 0.5) is 5.82 Å². The molecule has 2 aromatic heterocycles. The molecule has 1 amide bonds. The summed E-state index contributed by atoms with van der Waals surface area (Å²) >= 11 is 12.1. The van der Waals surface area contributed by atoms with E-state index < -0.39 is 0 Å². The zero-order valence-electron chi connectivity index (χ0n) is 21.1. The summed E-state index contributed by atoms with van der Waals surface area (Å²) in [6.07, 6.45) is 4.55. The average Bonchev–Trinajstić information content (AvgIpc) is 3.40. The smallest absolute Gasteiger partial charge is 0.225 e. The predicted molar refractivity (Wildman–Crippen MR) is 147 cm³/mol. The quantitative estimate of drug-likeness (QED) is 0.399. The van der Waals surface area contributed by atoms with Crippen molar-refractivity contribution in [1.82, 2.24) is 14.9 Å². The monoisotopic (exact) mass is 549 g/mol. The molecule has 38 heavy (non-hydrogen) atoms. The van der Waals surface area contributed by atoms with Gasteiger partial charge in [-0.3, -0.25) is 4.79 Å². The van der Waals surface area contributed by atoms with E-state index in [2.05, 4.69) is 20.9 Å². The Hall–Kier alpha value is -3.34. The van der Waals surface area contributed by atoms with Crippen molar-refractivity contribution in [3.05, 3.63) is 82.1 Å². The molecule has 196 valence electrons. The van der Waals surface area contributed by atoms with E-state index in [1.807, 2.05) is 42.2 Å². The molecule has 0 bridgehead atoms. The fourth-order valence-electron chi connectivity index (χ4n) is 5.51. The van der Waals surface area contributed by atoms with Crippen molar-refractivity contribution in [2.24, 2.45) is 11.8 Å². The summed E-state index contributed by atoms with van der Waals surface area (Å²) in [7, 11) is 0. The van der Waals surface area contributed by atoms with E-state index in [4.69, 9.17) is 33.2 Å². The van der Waals surface area contributed by atoms with Crippen LogP contribution in [0.5, 0.6) is 5.88 Å². The second-order valence-corrected chi connectivity index (χ2v) is 10.9. The standard InChI is InChI=1S/C29H29Cl2N5O2/c1-19(38-28-9-7-24(31)16-34-28)25-17-36(18-26(25)21-3-5-23(30)6-4-21)29(37)22-10-12-35(13-11-22)27-8-2-20(14-32)15-33-27/h2-9,15-16,19,22,25-26H,10-13,17-18H2,1H3/t19-,25+,26+/m0/s1. The van der Waals surface area contributed by atoms with Crippen LogP contribution in [0.3, 0.4) is 0 Å². The van der Waals surface area contributed by atoms with Crippen LogP contribution < -0.4 is 9.64 Å². The van der Waals surface area contributed by atoms with Gasteiger partial charge in [-0.25, -0.2) is 9.97 Å². The van der Waals surface area contributed by atoms with Crippen molar-refractivity contribution in [1.29, 1.82) is 5.26 Å². The topological polar surface area (TPSA) is 82.4 Å². The summed E-state index contributed by atoms with van der Waals surface area (Å²) in [5.74, 6) is 1.77. The SMILES string of the molecule is C[C@H](Oc1ccc(Cl)cn1)[C@H]1CN(C(=O)C2CCN(c3ccc(C#N)cn3)CC2)C[C@@H]1c1ccc(Cl)cc1. The first-order valence-electron chi connectivity index (χ1n) is 12.8. The van der Waals surface area contributed by atoms with Crippen LogP contribution >= 0.6 is 23.2 Å². The molecule has 1 aromatic carbocycles. The highest BCUT2D eigenvalue weighted by atomic mass is 35.5. The molecule has 2 fully saturated rings. The highest BCUT2D eigenvalue weighted by Gasteiger charge is 2.42. The molecule has 0 radical (unpaired) electrons. The van der Waals surface area contributed by atoms with Gasteiger partial charge in [0.05, 0.1) is 10.6 Å². The van der Waals surface area contributed by atoms with E-state index >= 15 is 0 Å². The maximum absolute atomic E-state index is 13.7. The van der Waals surface area contributed by atoms with Crippen LogP contribution in [0.2, 0.25) is 10.0 Å². The molecule has 4 heterocycles. The molecule has 2 saturated heterocycles. The molecule has 5 rings (SSSR count). The maximum Gasteiger partial charge on any atom is 0.225 e. The fraction of sp³-hybridized carbons (Fsp3) is 0.379. The molecular formula is C29H29Cl2N5O2. The van der Waals surface area contributed by atoms with E-state index in [0.717, 1.165) is 37.3 Å². The van der Waals surface area contributed by atoms with Gasteiger partial charge < -0.3 is 14.5 Å². The summed E-state index contributed by atoms with van der Waals surface area (Å²) in [5.41, 5.74) is 1.69. The number of benzene rings is 1. The Morgan fingerprint density at radius 1 is 1.00 bits per heavy atom. The number of hydrogen-bond donors (Lipinski definition) is 0. The Bertz CT molecular complexity index is 1290. The minimum atomic E-state index is -0.161. The average molecular weight is 550 g/mol. The number of carbonyl (C=O) groups excluding carboxylic acids is 1. The van der Waals surface area contributed by atoms with Gasteiger partial charge >= 0.3 is 0 Å². The van der Waals surface area contributed by atoms with Gasteiger partial charge in [0.1, 0.15) is 18.0 Å². The number of anilines is 1. The molecule has 3 atom stereocenters. The van der Waals surface area contributed by atoms with Crippen molar-refractivity contribution in [2.75, 3.05) is 31.1 Å². The van der Waals surface area contributed by atoms with Gasteiger partial charge in [-0.1, -0.05) is 35.3 Å². The maximum atomic E-state index is 13.7. The number of piperidine rings is 1. The molecule has 0 N–H and O–H groups in total. The molecule has 7 nitrogen and oxygen atoms in total. The van der Waals surface area contributed by atoms with Gasteiger partial charge in [0, 0.05) is 67.4 Å². The number of nitrogens with zero attached hydrogens (tertiary/aromatic N) is 5. The number of rotatable bonds is 6. The molecule has 0 unspecified atom stereocenters. The number of pyridine rings is 2. The number of amides is 1. The summed E-state index contributed by atoms with van der Waals surface area (Å²) in [4.78, 5) is 26.6. The number of carbonyl (C=O) groups is 1. The van der Waals surface area contributed by atoms with Crippen molar-refractivity contribution in [3.8, 4) is 11.9 Å². The van der Waals surface area contributed by atoms with E-state index in [0.29, 0.717) is 34.6 Å². The zero-order chi connectivity index (χ0) is 26.6. The highest BCUT2D eigenvalue weighted by Crippen LogP contribution is 2.38. The molecule has 0 saturated carbocycles. The van der Waals surface area contributed by atoms with Crippen molar-refractivity contribution >= 4 is 34.9 Å². The molecule has 0 aliphatic carbocycles. The lowest BCUT2D eigenvalue weighted by Gasteiger charge is -2.34. The fourth-order valence-corrected chi connectivity index (χ4v) is 5.75. The Morgan fingerprint density at radius 2 is 1.74 bits per heavy atom. The summed E-state index contributed by atoms with van der Waals surface area (Å²) < 4.78 is 6.21. The Balaban J connectivity index is 1.27. The van der Waals surface area contributed by atoms with Crippen molar-refractivity contribution in [3.63, 3.8) is 0 Å². The molecular weight excluding hydrogens is 521 g/mol. The number of likely N-dealkylation sites (tertiary alicyclic amines) is 1. The van der Waals surface area contributed by atoms with E-state index in [1.165, 1.54) is 0 Å². The first-order chi connectivity index (χ1) is 18.4. The molecule has 3 aromatic rings.